The summed E-state index contributed by atoms with van der Waals surface area (Å²) in [5.74, 6) is 0. The fraction of sp³-hybridized carbons (Fsp3) is 0.615. The number of hydrogen-bond donors (Lipinski definition) is 0. The van der Waals surface area contributed by atoms with Crippen molar-refractivity contribution in [1.29, 1.82) is 0 Å². The first-order valence-electron chi connectivity index (χ1n) is 6.06. The Hall–Kier alpha value is 0.236. The second-order valence-corrected chi connectivity index (χ2v) is 6.88. The zero-order chi connectivity index (χ0) is 19.4. The first-order valence-corrected chi connectivity index (χ1v) is 8.48. The molecular formula is C13H24F6GeN3Zr. The van der Waals surface area contributed by atoms with Crippen molar-refractivity contribution >= 4 is 15.4 Å². The van der Waals surface area contributed by atoms with E-state index in [2.05, 4.69) is 16.0 Å². The smallest absolute Gasteiger partial charge is 0.214 e. The Morgan fingerprint density at radius 1 is 0.667 bits per heavy atom. The number of halogens is 6. The summed E-state index contributed by atoms with van der Waals surface area (Å²) < 4.78 is 65.4. The second-order valence-electron chi connectivity index (χ2n) is 3.53. The molecule has 1 aromatic carbocycles. The minimum atomic E-state index is -4.98. The van der Waals surface area contributed by atoms with Crippen LogP contribution in [-0.2, 0) is 26.2 Å². The molecule has 0 atom stereocenters. The van der Waals surface area contributed by atoms with Crippen LogP contribution >= 0.6 is 0 Å². The van der Waals surface area contributed by atoms with Crippen molar-refractivity contribution in [3.8, 4) is 0 Å². The average molecular weight is 500 g/mol. The Labute approximate surface area is 166 Å². The van der Waals surface area contributed by atoms with Crippen LogP contribution in [0.5, 0.6) is 0 Å². The molecule has 1 radical (unpaired) electrons. The van der Waals surface area contributed by atoms with E-state index in [1.165, 1.54) is 0 Å². The van der Waals surface area contributed by atoms with Crippen molar-refractivity contribution < 1.29 is 52.5 Å². The monoisotopic (exact) mass is 500 g/mol. The van der Waals surface area contributed by atoms with Crippen LogP contribution in [0.15, 0.2) is 30.3 Å². The molecule has 1 aromatic rings. The molecule has 0 fully saturated rings. The summed E-state index contributed by atoms with van der Waals surface area (Å²) in [7, 11) is 10.5. The van der Waals surface area contributed by atoms with E-state index in [4.69, 9.17) is 0 Å². The van der Waals surface area contributed by atoms with Gasteiger partial charge >= 0.3 is 78.0 Å². The van der Waals surface area contributed by atoms with E-state index in [9.17, 15) is 26.3 Å². The minimum absolute atomic E-state index is 0. The van der Waals surface area contributed by atoms with Crippen LogP contribution in [0.4, 0.5) is 26.3 Å². The van der Waals surface area contributed by atoms with Gasteiger partial charge in [0, 0.05) is 0 Å². The largest absolute Gasteiger partial charge is 4.00 e. The summed E-state index contributed by atoms with van der Waals surface area (Å²) in [4.78, 5) is 0. The average Bonchev–Trinajstić information content (AvgIpc) is 2.84. The van der Waals surface area contributed by atoms with E-state index in [1.54, 1.807) is 42.3 Å². The fourth-order valence-corrected chi connectivity index (χ4v) is 1.29. The van der Waals surface area contributed by atoms with Crippen LogP contribution in [0.2, 0.25) is 0 Å². The molecule has 11 heteroatoms. The summed E-state index contributed by atoms with van der Waals surface area (Å²) in [5.41, 5.74) is 0. The van der Waals surface area contributed by atoms with E-state index in [0.29, 0.717) is 0 Å². The van der Waals surface area contributed by atoms with Crippen LogP contribution in [0, 0.1) is 0 Å². The number of rotatable bonds is 0. The molecule has 0 bridgehead atoms. The first-order chi connectivity index (χ1) is 10.4. The van der Waals surface area contributed by atoms with Crippen LogP contribution < -0.4 is 0 Å². The third-order valence-corrected chi connectivity index (χ3v) is 2.26. The predicted octanol–water partition coefficient (Wildman–Crippen LogP) is 4.72. The Morgan fingerprint density at radius 3 is 0.917 bits per heavy atom. The second kappa shape index (κ2) is 25.5. The predicted molar refractivity (Wildman–Crippen MR) is 86.9 cm³/mol. The molecule has 0 heterocycles. The quantitative estimate of drug-likeness (QED) is 0.281. The van der Waals surface area contributed by atoms with E-state index in [1.807, 2.05) is 30.3 Å². The summed E-state index contributed by atoms with van der Waals surface area (Å²) in [5, 5.41) is 0.531. The molecule has 0 aliphatic heterocycles. The van der Waals surface area contributed by atoms with E-state index >= 15 is 0 Å². The van der Waals surface area contributed by atoms with Gasteiger partial charge in [0.1, 0.15) is 0 Å². The fourth-order valence-electron chi connectivity index (χ4n) is 0.506. The Balaban J connectivity index is -0.0000000685. The zero-order valence-corrected chi connectivity index (χ0v) is 19.5. The summed E-state index contributed by atoms with van der Waals surface area (Å²) in [6.45, 7) is 0. The molecule has 0 aliphatic rings. The van der Waals surface area contributed by atoms with E-state index in [0.717, 1.165) is 0 Å². The Bertz CT molecular complexity index is 248. The summed E-state index contributed by atoms with van der Waals surface area (Å²) >= 11 is -4.06. The van der Waals surface area contributed by atoms with Gasteiger partial charge in [-0.3, -0.25) is 0 Å². The summed E-state index contributed by atoms with van der Waals surface area (Å²) in [6.07, 6.45) is 0. The van der Waals surface area contributed by atoms with Gasteiger partial charge in [-0.1, -0.05) is 0 Å². The van der Waals surface area contributed by atoms with Gasteiger partial charge in [0.05, 0.1) is 0 Å². The third kappa shape index (κ3) is 79.4. The minimum Gasteiger partial charge on any atom is -0.214 e. The molecule has 0 aliphatic carbocycles. The van der Waals surface area contributed by atoms with Crippen LogP contribution in [0.25, 0.3) is 16.0 Å². The molecule has 0 spiro atoms. The van der Waals surface area contributed by atoms with Crippen LogP contribution in [0.1, 0.15) is 0 Å². The first kappa shape index (κ1) is 35.4. The van der Waals surface area contributed by atoms with Gasteiger partial charge < -0.3 is 16.0 Å². The molecule has 24 heavy (non-hydrogen) atoms. The molecule has 0 amide bonds. The van der Waals surface area contributed by atoms with Crippen molar-refractivity contribution in [2.75, 3.05) is 42.3 Å². The van der Waals surface area contributed by atoms with Gasteiger partial charge in [0.15, 0.2) is 0 Å². The zero-order valence-electron chi connectivity index (χ0n) is 14.6. The van der Waals surface area contributed by atoms with Crippen molar-refractivity contribution in [2.24, 2.45) is 0 Å². The molecule has 3 nitrogen and oxygen atoms in total. The van der Waals surface area contributed by atoms with Gasteiger partial charge in [0.2, 0.25) is 0 Å². The normalized spacial score (nSPS) is 9.17. The molecule has 0 aromatic heterocycles. The maximum absolute atomic E-state index is 10.9. The molecule has 0 N–H and O–H groups in total. The van der Waals surface area contributed by atoms with E-state index in [-0.39, 0.29) is 26.2 Å². The Kier molecular flexibility index (Phi) is 37.5. The van der Waals surface area contributed by atoms with Crippen LogP contribution in [0.3, 0.4) is 0 Å². The number of nitrogens with zero attached hydrogens (tertiary/aromatic N) is 3. The van der Waals surface area contributed by atoms with Gasteiger partial charge in [-0.15, -0.1) is 0 Å². The van der Waals surface area contributed by atoms with Gasteiger partial charge in [-0.2, -0.15) is 60.5 Å². The SMILES string of the molecule is C[N-]C.C[N-]C.C[N-]C.F[C](F)(F)[GeH][C](F)(F)F.[Zr+4].c1cc[cH-]c1. The Morgan fingerprint density at radius 2 is 0.875 bits per heavy atom. The van der Waals surface area contributed by atoms with Gasteiger partial charge in [-0.25, -0.2) is 12.1 Å². The van der Waals surface area contributed by atoms with Crippen molar-refractivity contribution in [3.05, 3.63) is 46.3 Å². The van der Waals surface area contributed by atoms with Crippen molar-refractivity contribution in [1.82, 2.24) is 0 Å². The topological polar surface area (TPSA) is 42.3 Å². The molecule has 0 unspecified atom stereocenters. The van der Waals surface area contributed by atoms with Crippen LogP contribution in [-0.4, -0.2) is 67.7 Å². The molecule has 0 saturated heterocycles. The maximum atomic E-state index is 10.9. The van der Waals surface area contributed by atoms with Gasteiger partial charge in [-0.05, 0) is 0 Å². The number of hydrogen-bond acceptors (Lipinski definition) is 0. The van der Waals surface area contributed by atoms with Crippen molar-refractivity contribution in [3.63, 3.8) is 0 Å². The van der Waals surface area contributed by atoms with Gasteiger partial charge in [0.25, 0.3) is 0 Å². The van der Waals surface area contributed by atoms with E-state index < -0.39 is 25.4 Å². The number of alkyl halides is 6. The molecule has 0 saturated carbocycles. The summed E-state index contributed by atoms with van der Waals surface area (Å²) in [6, 6.07) is 10.0. The third-order valence-electron chi connectivity index (χ3n) is 0.883. The molecule has 141 valence electrons. The molecular weight excluding hydrogens is 476 g/mol. The standard InChI is InChI=1S/C5H5.C2HF6Ge.3C2H6N.Zr/c1-2-4-5-3-1;3-1(4,5)9-2(6,7)8;3*1-3-2;/h1-5H;9H;3*1-2H3;/q-1;;3*-1;+4. The maximum Gasteiger partial charge on any atom is 4.00 e. The van der Waals surface area contributed by atoms with Crippen molar-refractivity contribution in [2.45, 2.75) is 10.0 Å². The molecule has 1 rings (SSSR count).